The van der Waals surface area contributed by atoms with E-state index in [1.807, 2.05) is 33.8 Å². The lowest BCUT2D eigenvalue weighted by Crippen LogP contribution is -2.40. The molecule has 2 amide bonds. The van der Waals surface area contributed by atoms with Crippen molar-refractivity contribution in [3.05, 3.63) is 59.7 Å². The van der Waals surface area contributed by atoms with Gasteiger partial charge in [-0.3, -0.25) is 9.59 Å². The summed E-state index contributed by atoms with van der Waals surface area (Å²) in [4.78, 5) is 25.3. The van der Waals surface area contributed by atoms with Crippen molar-refractivity contribution in [1.29, 1.82) is 0 Å². The van der Waals surface area contributed by atoms with Gasteiger partial charge in [0.1, 0.15) is 5.75 Å². The molecule has 5 nitrogen and oxygen atoms in total. The molecule has 0 saturated carbocycles. The van der Waals surface area contributed by atoms with Crippen LogP contribution in [0, 0.1) is 0 Å². The fourth-order valence-electron chi connectivity index (χ4n) is 2.38. The number of nitrogens with one attached hydrogen (secondary N) is 2. The van der Waals surface area contributed by atoms with Gasteiger partial charge in [-0.05, 0) is 51.5 Å². The normalized spacial score (nSPS) is 10.9. The highest BCUT2D eigenvalue weighted by molar-refractivity contribution is 6.10. The summed E-state index contributed by atoms with van der Waals surface area (Å²) in [5, 5.41) is 5.74. The van der Waals surface area contributed by atoms with Gasteiger partial charge >= 0.3 is 0 Å². The Morgan fingerprint density at radius 1 is 0.923 bits per heavy atom. The predicted octanol–water partition coefficient (Wildman–Crippen LogP) is 4.26. The quantitative estimate of drug-likeness (QED) is 0.815. The van der Waals surface area contributed by atoms with Crippen LogP contribution in [-0.2, 0) is 0 Å². The molecule has 0 unspecified atom stereocenters. The lowest BCUT2D eigenvalue weighted by Gasteiger charge is -2.21. The van der Waals surface area contributed by atoms with Crippen LogP contribution in [0.3, 0.4) is 0 Å². The number of hydrogen-bond donors (Lipinski definition) is 2. The van der Waals surface area contributed by atoms with Gasteiger partial charge in [-0.1, -0.05) is 31.2 Å². The monoisotopic (exact) mass is 354 g/mol. The number of ether oxygens (including phenoxy) is 1. The minimum Gasteiger partial charge on any atom is -0.493 e. The molecule has 0 heterocycles. The Kier molecular flexibility index (Phi) is 6.39. The van der Waals surface area contributed by atoms with Crippen molar-refractivity contribution in [2.45, 2.75) is 39.7 Å². The molecule has 0 saturated heterocycles. The molecule has 138 valence electrons. The van der Waals surface area contributed by atoms with Gasteiger partial charge in [0.25, 0.3) is 11.8 Å². The molecule has 0 aromatic heterocycles. The van der Waals surface area contributed by atoms with Gasteiger partial charge in [0.2, 0.25) is 0 Å². The van der Waals surface area contributed by atoms with Gasteiger partial charge in [-0.15, -0.1) is 0 Å². The van der Waals surface area contributed by atoms with Crippen molar-refractivity contribution in [2.75, 3.05) is 11.9 Å². The van der Waals surface area contributed by atoms with E-state index in [0.717, 1.165) is 6.42 Å². The third-order valence-corrected chi connectivity index (χ3v) is 3.50. The zero-order chi connectivity index (χ0) is 19.2. The second-order valence-electron chi connectivity index (χ2n) is 7.05. The van der Waals surface area contributed by atoms with E-state index < -0.39 is 0 Å². The molecule has 2 aromatic rings. The molecule has 0 aliphatic rings. The van der Waals surface area contributed by atoms with Gasteiger partial charge in [0.05, 0.1) is 23.4 Å². The van der Waals surface area contributed by atoms with Gasteiger partial charge < -0.3 is 15.4 Å². The summed E-state index contributed by atoms with van der Waals surface area (Å²) in [6, 6.07) is 14.0. The number of para-hydroxylation sites is 2. The summed E-state index contributed by atoms with van der Waals surface area (Å²) in [7, 11) is 0. The summed E-state index contributed by atoms with van der Waals surface area (Å²) in [6.45, 7) is 8.27. The summed E-state index contributed by atoms with van der Waals surface area (Å²) in [6.07, 6.45) is 0.853. The molecule has 5 heteroatoms. The summed E-state index contributed by atoms with van der Waals surface area (Å²) < 4.78 is 5.65. The Balaban J connectivity index is 2.24. The maximum atomic E-state index is 12.7. The molecule has 2 rings (SSSR count). The number of benzene rings is 2. The molecule has 2 N–H and O–H groups in total. The van der Waals surface area contributed by atoms with Gasteiger partial charge in [-0.25, -0.2) is 0 Å². The van der Waals surface area contributed by atoms with Gasteiger partial charge in [-0.2, -0.15) is 0 Å². The number of anilines is 1. The zero-order valence-electron chi connectivity index (χ0n) is 15.8. The minimum absolute atomic E-state index is 0.232. The Morgan fingerprint density at radius 3 is 2.19 bits per heavy atom. The van der Waals surface area contributed by atoms with Gasteiger partial charge in [0.15, 0.2) is 0 Å². The van der Waals surface area contributed by atoms with Crippen molar-refractivity contribution >= 4 is 17.5 Å². The number of amides is 2. The molecule has 2 aromatic carbocycles. The Morgan fingerprint density at radius 2 is 1.54 bits per heavy atom. The molecule has 0 bridgehead atoms. The molecule has 0 aliphatic carbocycles. The number of hydrogen-bond acceptors (Lipinski definition) is 3. The Hall–Kier alpha value is -2.82. The third kappa shape index (κ3) is 5.34. The van der Waals surface area contributed by atoms with Crippen LogP contribution in [0.4, 0.5) is 5.69 Å². The largest absolute Gasteiger partial charge is 0.493 e. The van der Waals surface area contributed by atoms with E-state index in [4.69, 9.17) is 4.74 Å². The van der Waals surface area contributed by atoms with Crippen LogP contribution < -0.4 is 15.4 Å². The number of carbonyl (C=O) groups is 2. The second-order valence-corrected chi connectivity index (χ2v) is 7.05. The third-order valence-electron chi connectivity index (χ3n) is 3.50. The topological polar surface area (TPSA) is 67.4 Å². The van der Waals surface area contributed by atoms with Crippen molar-refractivity contribution in [2.24, 2.45) is 0 Å². The molecule has 0 spiro atoms. The first-order valence-corrected chi connectivity index (χ1v) is 8.76. The van der Waals surface area contributed by atoms with Crippen molar-refractivity contribution in [3.63, 3.8) is 0 Å². The molecule has 0 fully saturated rings. The van der Waals surface area contributed by atoms with Crippen molar-refractivity contribution < 1.29 is 14.3 Å². The fraction of sp³-hybridized carbons (Fsp3) is 0.333. The van der Waals surface area contributed by atoms with Crippen LogP contribution in [0.2, 0.25) is 0 Å². The maximum absolute atomic E-state index is 12.7. The summed E-state index contributed by atoms with van der Waals surface area (Å²) >= 11 is 0. The van der Waals surface area contributed by atoms with E-state index in [9.17, 15) is 9.59 Å². The van der Waals surface area contributed by atoms with Crippen LogP contribution in [-0.4, -0.2) is 24.0 Å². The van der Waals surface area contributed by atoms with E-state index in [1.165, 1.54) is 0 Å². The summed E-state index contributed by atoms with van der Waals surface area (Å²) in [5.41, 5.74) is 0.952. The van der Waals surface area contributed by atoms with Crippen LogP contribution in [0.25, 0.3) is 0 Å². The van der Waals surface area contributed by atoms with E-state index in [-0.39, 0.29) is 17.4 Å². The first-order valence-electron chi connectivity index (χ1n) is 8.76. The Labute approximate surface area is 154 Å². The van der Waals surface area contributed by atoms with E-state index >= 15 is 0 Å². The van der Waals surface area contributed by atoms with Crippen LogP contribution in [0.5, 0.6) is 5.75 Å². The second kappa shape index (κ2) is 8.52. The first kappa shape index (κ1) is 19.5. The highest BCUT2D eigenvalue weighted by Crippen LogP contribution is 2.22. The average molecular weight is 354 g/mol. The fourth-order valence-corrected chi connectivity index (χ4v) is 2.38. The van der Waals surface area contributed by atoms with Crippen LogP contribution in [0.1, 0.15) is 54.8 Å². The molecule has 0 radical (unpaired) electrons. The molecular formula is C21H26N2O3. The van der Waals surface area contributed by atoms with E-state index in [2.05, 4.69) is 10.6 Å². The first-order chi connectivity index (χ1) is 12.3. The highest BCUT2D eigenvalue weighted by Gasteiger charge is 2.20. The SMILES string of the molecule is CCCOc1ccccc1C(=O)Nc1ccccc1C(=O)NC(C)(C)C. The number of rotatable bonds is 6. The smallest absolute Gasteiger partial charge is 0.259 e. The lowest BCUT2D eigenvalue weighted by atomic mass is 10.1. The minimum atomic E-state index is -0.366. The van der Waals surface area contributed by atoms with E-state index in [0.29, 0.717) is 29.2 Å². The maximum Gasteiger partial charge on any atom is 0.259 e. The van der Waals surface area contributed by atoms with Crippen LogP contribution >= 0.6 is 0 Å². The molecular weight excluding hydrogens is 328 g/mol. The molecule has 0 aliphatic heterocycles. The summed E-state index contributed by atoms with van der Waals surface area (Å²) in [5.74, 6) is -0.0138. The average Bonchev–Trinajstić information content (AvgIpc) is 2.59. The predicted molar refractivity (Wildman–Crippen MR) is 104 cm³/mol. The standard InChI is InChI=1S/C21H26N2O3/c1-5-14-26-18-13-9-7-11-16(18)19(24)22-17-12-8-6-10-15(17)20(25)23-21(2,3)4/h6-13H,5,14H2,1-4H3,(H,22,24)(H,23,25). The zero-order valence-corrected chi connectivity index (χ0v) is 15.8. The van der Waals surface area contributed by atoms with E-state index in [1.54, 1.807) is 42.5 Å². The van der Waals surface area contributed by atoms with Crippen LogP contribution in [0.15, 0.2) is 48.5 Å². The Bertz CT molecular complexity index is 779. The molecule has 0 atom stereocenters. The van der Waals surface area contributed by atoms with Gasteiger partial charge in [0, 0.05) is 5.54 Å². The van der Waals surface area contributed by atoms with Crippen molar-refractivity contribution in [1.82, 2.24) is 5.32 Å². The highest BCUT2D eigenvalue weighted by atomic mass is 16.5. The number of carbonyl (C=O) groups excluding carboxylic acids is 2. The van der Waals surface area contributed by atoms with Crippen molar-refractivity contribution in [3.8, 4) is 5.75 Å². The lowest BCUT2D eigenvalue weighted by molar-refractivity contribution is 0.0920. The molecule has 26 heavy (non-hydrogen) atoms.